The van der Waals surface area contributed by atoms with E-state index in [2.05, 4.69) is 56.5 Å². The van der Waals surface area contributed by atoms with E-state index in [4.69, 9.17) is 0 Å². The molecule has 168 valence electrons. The Bertz CT molecular complexity index is 1150. The zero-order valence-corrected chi connectivity index (χ0v) is 20.1. The van der Waals surface area contributed by atoms with E-state index in [1.807, 2.05) is 48.3 Å². The van der Waals surface area contributed by atoms with Gasteiger partial charge in [-0.15, -0.1) is 21.5 Å². The van der Waals surface area contributed by atoms with E-state index in [9.17, 15) is 4.79 Å². The quantitative estimate of drug-likeness (QED) is 0.296. The number of nitrogens with zero attached hydrogens (tertiary/aromatic N) is 4. The van der Waals surface area contributed by atoms with Crippen molar-refractivity contribution >= 4 is 29.0 Å². The Hall–Kier alpha value is -2.90. The van der Waals surface area contributed by atoms with Crippen molar-refractivity contribution in [3.05, 3.63) is 100 Å². The van der Waals surface area contributed by atoms with Crippen molar-refractivity contribution in [2.45, 2.75) is 36.5 Å². The van der Waals surface area contributed by atoms with E-state index in [0.29, 0.717) is 11.8 Å². The van der Waals surface area contributed by atoms with Gasteiger partial charge in [-0.1, -0.05) is 78.5 Å². The Balaban J connectivity index is 1.32. The largest absolute Gasteiger partial charge is 0.334 e. The van der Waals surface area contributed by atoms with Crippen LogP contribution in [0.5, 0.6) is 0 Å². The predicted octanol–water partition coefficient (Wildman–Crippen LogP) is 5.61. The molecular weight excluding hydrogens is 448 g/mol. The Morgan fingerprint density at radius 1 is 1.03 bits per heavy atom. The molecule has 0 unspecified atom stereocenters. The monoisotopic (exact) mass is 474 g/mol. The normalized spacial score (nSPS) is 13.4. The van der Waals surface area contributed by atoms with Crippen LogP contribution in [0.3, 0.4) is 0 Å². The van der Waals surface area contributed by atoms with Gasteiger partial charge in [-0.3, -0.25) is 4.79 Å². The van der Waals surface area contributed by atoms with Crippen LogP contribution in [-0.4, -0.2) is 38.4 Å². The number of amides is 1. The van der Waals surface area contributed by atoms with Gasteiger partial charge in [0.2, 0.25) is 5.91 Å². The van der Waals surface area contributed by atoms with E-state index >= 15 is 0 Å². The second-order valence-corrected chi connectivity index (χ2v) is 10.2. The molecule has 5 rings (SSSR count). The Morgan fingerprint density at radius 2 is 1.70 bits per heavy atom. The fraction of sp³-hybridized carbons (Fsp3) is 0.269. The van der Waals surface area contributed by atoms with E-state index in [-0.39, 0.29) is 11.9 Å². The summed E-state index contributed by atoms with van der Waals surface area (Å²) in [6.07, 6.45) is 3.10. The second kappa shape index (κ2) is 9.93. The van der Waals surface area contributed by atoms with Gasteiger partial charge in [0.1, 0.15) is 5.82 Å². The van der Waals surface area contributed by atoms with Gasteiger partial charge in [0.15, 0.2) is 5.16 Å². The molecule has 4 aromatic rings. The molecule has 0 aliphatic heterocycles. The summed E-state index contributed by atoms with van der Waals surface area (Å²) in [6, 6.07) is 24.9. The van der Waals surface area contributed by atoms with Crippen molar-refractivity contribution < 1.29 is 4.79 Å². The van der Waals surface area contributed by atoms with Crippen LogP contribution in [-0.2, 0) is 11.2 Å². The van der Waals surface area contributed by atoms with Gasteiger partial charge in [0.25, 0.3) is 0 Å². The van der Waals surface area contributed by atoms with Crippen LogP contribution in [0.2, 0.25) is 0 Å². The molecule has 7 heteroatoms. The Morgan fingerprint density at radius 3 is 2.27 bits per heavy atom. The Labute approximate surface area is 202 Å². The van der Waals surface area contributed by atoms with Crippen LogP contribution in [0.4, 0.5) is 0 Å². The molecular formula is C26H26N4OS2. The lowest BCUT2D eigenvalue weighted by molar-refractivity contribution is -0.128. The van der Waals surface area contributed by atoms with Crippen molar-refractivity contribution in [3.8, 4) is 0 Å². The number of carbonyl (C=O) groups excluding carboxylic acids is 1. The van der Waals surface area contributed by atoms with Crippen LogP contribution >= 0.6 is 23.1 Å². The highest BCUT2D eigenvalue weighted by Gasteiger charge is 2.30. The fourth-order valence-corrected chi connectivity index (χ4v) is 5.73. The average molecular weight is 475 g/mol. The molecule has 2 aromatic heterocycles. The van der Waals surface area contributed by atoms with Gasteiger partial charge < -0.3 is 9.47 Å². The molecule has 33 heavy (non-hydrogen) atoms. The average Bonchev–Trinajstić information content (AvgIpc) is 3.40. The minimum Gasteiger partial charge on any atom is -0.334 e. The van der Waals surface area contributed by atoms with Crippen LogP contribution < -0.4 is 0 Å². The maximum atomic E-state index is 13.3. The van der Waals surface area contributed by atoms with E-state index in [1.165, 1.54) is 16.6 Å². The maximum Gasteiger partial charge on any atom is 0.233 e. The summed E-state index contributed by atoms with van der Waals surface area (Å²) in [4.78, 5) is 16.4. The maximum absolute atomic E-state index is 13.3. The molecule has 1 aliphatic rings. The van der Waals surface area contributed by atoms with Crippen molar-refractivity contribution in [1.82, 2.24) is 19.7 Å². The fourth-order valence-electron chi connectivity index (χ4n) is 4.08. The number of hydrogen-bond acceptors (Lipinski definition) is 5. The summed E-state index contributed by atoms with van der Waals surface area (Å²) in [5, 5.41) is 11.9. The summed E-state index contributed by atoms with van der Waals surface area (Å²) in [5.41, 5.74) is 2.20. The van der Waals surface area contributed by atoms with E-state index < -0.39 is 0 Å². The molecule has 0 atom stereocenters. The topological polar surface area (TPSA) is 51.0 Å². The molecule has 1 saturated carbocycles. The van der Waals surface area contributed by atoms with Crippen LogP contribution in [0.15, 0.2) is 83.3 Å². The summed E-state index contributed by atoms with van der Waals surface area (Å²) >= 11 is 3.23. The minimum absolute atomic E-state index is 0.0721. The van der Waals surface area contributed by atoms with Gasteiger partial charge in [0, 0.05) is 24.4 Å². The molecule has 1 aliphatic carbocycles. The van der Waals surface area contributed by atoms with Crippen molar-refractivity contribution in [2.24, 2.45) is 0 Å². The summed E-state index contributed by atoms with van der Waals surface area (Å²) < 4.78 is 2.25. The number of aromatic nitrogens is 3. The summed E-state index contributed by atoms with van der Waals surface area (Å²) in [6.45, 7) is 0. The standard InChI is InChI=1S/C26H26N4OS2/c1-29(25(19-9-4-2-5-10-19)20-11-6-3-7-12-20)24(31)18-33-26-28-27-23(30(26)21-14-15-21)17-22-13-8-16-32-22/h2-13,16,21,25H,14-15,17-18H2,1H3. The van der Waals surface area contributed by atoms with Gasteiger partial charge in [-0.25, -0.2) is 0 Å². The van der Waals surface area contributed by atoms with Gasteiger partial charge >= 0.3 is 0 Å². The molecule has 0 spiro atoms. The van der Waals surface area contributed by atoms with E-state index in [1.54, 1.807) is 11.3 Å². The molecule has 0 N–H and O–H groups in total. The van der Waals surface area contributed by atoms with Crippen molar-refractivity contribution in [3.63, 3.8) is 0 Å². The SMILES string of the molecule is CN(C(=O)CSc1nnc(Cc2cccs2)n1C1CC1)C(c1ccccc1)c1ccccc1. The molecule has 1 fully saturated rings. The number of rotatable bonds is 9. The third-order valence-electron chi connectivity index (χ3n) is 5.90. The number of benzene rings is 2. The van der Waals surface area contributed by atoms with Crippen LogP contribution in [0, 0.1) is 0 Å². The zero-order valence-electron chi connectivity index (χ0n) is 18.5. The number of thiophene rings is 1. The lowest BCUT2D eigenvalue weighted by Crippen LogP contribution is -2.33. The first-order chi connectivity index (χ1) is 16.2. The molecule has 0 bridgehead atoms. The number of thioether (sulfide) groups is 1. The molecule has 0 radical (unpaired) electrons. The zero-order chi connectivity index (χ0) is 22.6. The predicted molar refractivity (Wildman–Crippen MR) is 134 cm³/mol. The first-order valence-electron chi connectivity index (χ1n) is 11.1. The first-order valence-corrected chi connectivity index (χ1v) is 13.0. The molecule has 0 saturated heterocycles. The van der Waals surface area contributed by atoms with Crippen LogP contribution in [0.1, 0.15) is 46.8 Å². The lowest BCUT2D eigenvalue weighted by Gasteiger charge is -2.29. The summed E-state index contributed by atoms with van der Waals surface area (Å²) in [5.74, 6) is 1.40. The molecule has 5 nitrogen and oxygen atoms in total. The highest BCUT2D eigenvalue weighted by atomic mass is 32.2. The molecule has 1 amide bonds. The molecule has 2 aromatic carbocycles. The first kappa shape index (κ1) is 21.9. The smallest absolute Gasteiger partial charge is 0.233 e. The number of hydrogen-bond donors (Lipinski definition) is 0. The highest BCUT2D eigenvalue weighted by molar-refractivity contribution is 7.99. The second-order valence-electron chi connectivity index (χ2n) is 8.27. The Kier molecular flexibility index (Phi) is 6.60. The third-order valence-corrected chi connectivity index (χ3v) is 7.70. The minimum atomic E-state index is -0.129. The van der Waals surface area contributed by atoms with Gasteiger partial charge in [-0.05, 0) is 35.4 Å². The highest BCUT2D eigenvalue weighted by Crippen LogP contribution is 2.39. The van der Waals surface area contributed by atoms with Gasteiger partial charge in [-0.2, -0.15) is 0 Å². The van der Waals surface area contributed by atoms with Gasteiger partial charge in [0.05, 0.1) is 11.8 Å². The lowest BCUT2D eigenvalue weighted by atomic mass is 9.97. The van der Waals surface area contributed by atoms with Crippen molar-refractivity contribution in [1.29, 1.82) is 0 Å². The van der Waals surface area contributed by atoms with Crippen LogP contribution in [0.25, 0.3) is 0 Å². The van der Waals surface area contributed by atoms with Crippen molar-refractivity contribution in [2.75, 3.05) is 12.8 Å². The molecule has 2 heterocycles. The third kappa shape index (κ3) is 5.04. The number of carbonyl (C=O) groups is 1. The summed E-state index contributed by atoms with van der Waals surface area (Å²) in [7, 11) is 1.89. The van der Waals surface area contributed by atoms with E-state index in [0.717, 1.165) is 41.4 Å².